The van der Waals surface area contributed by atoms with Crippen LogP contribution in [0.15, 0.2) is 39.7 Å². The lowest BCUT2D eigenvalue weighted by molar-refractivity contribution is 0.0572. The molecule has 1 rings (SSSR count). The molecule has 0 aliphatic heterocycles. The van der Waals surface area contributed by atoms with E-state index in [1.165, 1.54) is 26.0 Å². The normalized spacial score (nSPS) is 11.3. The zero-order chi connectivity index (χ0) is 15.5. The summed E-state index contributed by atoms with van der Waals surface area (Å²) in [5.74, 6) is 0. The number of hydrogen-bond donors (Lipinski definition) is 1. The summed E-state index contributed by atoms with van der Waals surface area (Å²) in [4.78, 5) is 36.4. The molecule has 0 aromatic carbocycles. The highest BCUT2D eigenvalue weighted by Crippen LogP contribution is 2.01. The fraction of sp³-hybridized carbons (Fsp3) is 0.462. The van der Waals surface area contributed by atoms with E-state index >= 15 is 0 Å². The van der Waals surface area contributed by atoms with Gasteiger partial charge in [0.15, 0.2) is 0 Å². The van der Waals surface area contributed by atoms with Gasteiger partial charge in [-0.05, 0) is 13.8 Å². The molecule has 1 aromatic rings. The largest absolute Gasteiger partial charge is 0.389 e. The average molecular weight is 281 g/mol. The fourth-order valence-corrected chi connectivity index (χ4v) is 1.78. The van der Waals surface area contributed by atoms with Crippen molar-refractivity contribution in [3.8, 4) is 0 Å². The van der Waals surface area contributed by atoms with Crippen LogP contribution >= 0.6 is 0 Å². The molecule has 0 aliphatic carbocycles. The molecule has 0 unspecified atom stereocenters. The number of aromatic nitrogens is 3. The maximum atomic E-state index is 12.2. The van der Waals surface area contributed by atoms with Gasteiger partial charge in [0.1, 0.15) is 0 Å². The Morgan fingerprint density at radius 2 is 1.30 bits per heavy atom. The summed E-state index contributed by atoms with van der Waals surface area (Å²) in [6.45, 7) is 9.66. The minimum Gasteiger partial charge on any atom is -0.389 e. The van der Waals surface area contributed by atoms with E-state index in [1.54, 1.807) is 0 Å². The summed E-state index contributed by atoms with van der Waals surface area (Å²) >= 11 is 0. The lowest BCUT2D eigenvalue weighted by atomic mass is 10.1. The van der Waals surface area contributed by atoms with Gasteiger partial charge < -0.3 is 5.11 Å². The first kappa shape index (κ1) is 15.9. The first-order valence-electron chi connectivity index (χ1n) is 6.11. The Bertz CT molecular complexity index is 637. The average Bonchev–Trinajstić information content (AvgIpc) is 2.34. The standard InChI is InChI=1S/C13H19N3O4/c1-5-7-14-10(17)15(8-6-2)12(19)16(11(14)18)9-13(3,4)20/h5-6,20H,1-2,7-9H2,3-4H3. The number of aliphatic hydroxyl groups is 1. The highest BCUT2D eigenvalue weighted by Gasteiger charge is 2.20. The Balaban J connectivity index is 3.71. The van der Waals surface area contributed by atoms with Crippen LogP contribution in [0.5, 0.6) is 0 Å². The Labute approximate surface area is 115 Å². The van der Waals surface area contributed by atoms with Crippen LogP contribution in [-0.2, 0) is 19.6 Å². The Hall–Kier alpha value is -2.15. The summed E-state index contributed by atoms with van der Waals surface area (Å²) in [5.41, 5.74) is -3.50. The van der Waals surface area contributed by atoms with Crippen molar-refractivity contribution in [1.29, 1.82) is 0 Å². The first-order chi connectivity index (χ1) is 9.22. The van der Waals surface area contributed by atoms with Gasteiger partial charge in [-0.1, -0.05) is 12.2 Å². The van der Waals surface area contributed by atoms with Gasteiger partial charge in [-0.2, -0.15) is 0 Å². The molecule has 0 amide bonds. The van der Waals surface area contributed by atoms with Crippen molar-refractivity contribution in [3.05, 3.63) is 56.8 Å². The SMILES string of the molecule is C=CCn1c(=O)n(CC=C)c(=O)n(CC(C)(C)O)c1=O. The molecule has 0 saturated heterocycles. The van der Waals surface area contributed by atoms with Gasteiger partial charge in [-0.3, -0.25) is 0 Å². The molecule has 7 nitrogen and oxygen atoms in total. The fourth-order valence-electron chi connectivity index (χ4n) is 1.78. The summed E-state index contributed by atoms with van der Waals surface area (Å²) in [7, 11) is 0. The molecular formula is C13H19N3O4. The van der Waals surface area contributed by atoms with E-state index in [0.717, 1.165) is 13.7 Å². The maximum absolute atomic E-state index is 12.2. The van der Waals surface area contributed by atoms with Crippen molar-refractivity contribution >= 4 is 0 Å². The lowest BCUT2D eigenvalue weighted by Gasteiger charge is -2.19. The molecule has 0 saturated carbocycles. The minimum atomic E-state index is -1.26. The van der Waals surface area contributed by atoms with Gasteiger partial charge in [-0.25, -0.2) is 28.1 Å². The van der Waals surface area contributed by atoms with Crippen LogP contribution in [0.4, 0.5) is 0 Å². The van der Waals surface area contributed by atoms with Crippen molar-refractivity contribution < 1.29 is 5.11 Å². The van der Waals surface area contributed by atoms with E-state index in [-0.39, 0.29) is 19.6 Å². The Morgan fingerprint density at radius 1 is 0.950 bits per heavy atom. The summed E-state index contributed by atoms with van der Waals surface area (Å²) < 4.78 is 2.63. The molecule has 110 valence electrons. The monoisotopic (exact) mass is 281 g/mol. The zero-order valence-corrected chi connectivity index (χ0v) is 11.7. The van der Waals surface area contributed by atoms with E-state index in [1.807, 2.05) is 0 Å². The van der Waals surface area contributed by atoms with Crippen LogP contribution in [0.25, 0.3) is 0 Å². The molecule has 0 fully saturated rings. The third-order valence-electron chi connectivity index (χ3n) is 2.55. The molecule has 1 aromatic heterocycles. The number of rotatable bonds is 6. The molecule has 0 atom stereocenters. The summed E-state index contributed by atoms with van der Waals surface area (Å²) in [6.07, 6.45) is 2.78. The smallest absolute Gasteiger partial charge is 0.336 e. The van der Waals surface area contributed by atoms with Crippen molar-refractivity contribution in [3.63, 3.8) is 0 Å². The molecular weight excluding hydrogens is 262 g/mol. The van der Waals surface area contributed by atoms with E-state index < -0.39 is 22.7 Å². The van der Waals surface area contributed by atoms with E-state index in [0.29, 0.717) is 0 Å². The molecule has 0 radical (unpaired) electrons. The molecule has 1 N–H and O–H groups in total. The van der Waals surface area contributed by atoms with Gasteiger partial charge in [-0.15, -0.1) is 13.2 Å². The van der Waals surface area contributed by atoms with Crippen LogP contribution in [0.3, 0.4) is 0 Å². The van der Waals surface area contributed by atoms with E-state index in [4.69, 9.17) is 0 Å². The highest BCUT2D eigenvalue weighted by molar-refractivity contribution is 4.86. The highest BCUT2D eigenvalue weighted by atomic mass is 16.3. The second kappa shape index (κ2) is 5.87. The van der Waals surface area contributed by atoms with Crippen molar-refractivity contribution in [2.24, 2.45) is 0 Å². The molecule has 0 spiro atoms. The van der Waals surface area contributed by atoms with Crippen LogP contribution in [-0.4, -0.2) is 24.4 Å². The van der Waals surface area contributed by atoms with Gasteiger partial charge in [0.2, 0.25) is 0 Å². The number of allylic oxidation sites excluding steroid dienone is 2. The summed E-state index contributed by atoms with van der Waals surface area (Å²) in [6, 6.07) is 0. The second-order valence-electron chi connectivity index (χ2n) is 5.04. The minimum absolute atomic E-state index is 0.0129. The number of nitrogens with zero attached hydrogens (tertiary/aromatic N) is 3. The van der Waals surface area contributed by atoms with Gasteiger partial charge in [0, 0.05) is 0 Å². The molecule has 7 heteroatoms. The van der Waals surface area contributed by atoms with Crippen molar-refractivity contribution in [1.82, 2.24) is 13.7 Å². The molecule has 0 aliphatic rings. The Kier molecular flexibility index (Phi) is 4.67. The first-order valence-corrected chi connectivity index (χ1v) is 6.11. The van der Waals surface area contributed by atoms with Crippen LogP contribution in [0, 0.1) is 0 Å². The topological polar surface area (TPSA) is 86.2 Å². The molecule has 0 bridgehead atoms. The maximum Gasteiger partial charge on any atom is 0.336 e. The van der Waals surface area contributed by atoms with Gasteiger partial charge >= 0.3 is 17.1 Å². The van der Waals surface area contributed by atoms with Crippen LogP contribution < -0.4 is 17.1 Å². The van der Waals surface area contributed by atoms with Crippen molar-refractivity contribution in [2.75, 3.05) is 0 Å². The predicted molar refractivity (Wildman–Crippen MR) is 75.9 cm³/mol. The predicted octanol–water partition coefficient (Wildman–Crippen LogP) is -0.685. The third-order valence-corrected chi connectivity index (χ3v) is 2.55. The molecule has 20 heavy (non-hydrogen) atoms. The molecule has 1 heterocycles. The summed E-state index contributed by atoms with van der Waals surface area (Å²) in [5, 5.41) is 9.80. The number of hydrogen-bond acceptors (Lipinski definition) is 4. The van der Waals surface area contributed by atoms with Crippen LogP contribution in [0.2, 0.25) is 0 Å². The Morgan fingerprint density at radius 3 is 1.60 bits per heavy atom. The lowest BCUT2D eigenvalue weighted by Crippen LogP contribution is -2.56. The zero-order valence-electron chi connectivity index (χ0n) is 11.7. The van der Waals surface area contributed by atoms with E-state index in [2.05, 4.69) is 13.2 Å². The quantitative estimate of drug-likeness (QED) is 0.700. The van der Waals surface area contributed by atoms with Crippen molar-refractivity contribution in [2.45, 2.75) is 39.1 Å². The van der Waals surface area contributed by atoms with Crippen LogP contribution in [0.1, 0.15) is 13.8 Å². The second-order valence-corrected chi connectivity index (χ2v) is 5.04. The third kappa shape index (κ3) is 3.24. The van der Waals surface area contributed by atoms with Gasteiger partial charge in [0.25, 0.3) is 0 Å². The van der Waals surface area contributed by atoms with Gasteiger partial charge in [0.05, 0.1) is 25.2 Å². The van der Waals surface area contributed by atoms with E-state index in [9.17, 15) is 19.5 Å².